The third-order valence-electron chi connectivity index (χ3n) is 5.00. The van der Waals surface area contributed by atoms with Crippen LogP contribution in [0.15, 0.2) is 36.7 Å². The molecule has 0 aliphatic carbocycles. The van der Waals surface area contributed by atoms with Crippen molar-refractivity contribution in [2.24, 2.45) is 0 Å². The first-order valence-electron chi connectivity index (χ1n) is 10.2. The summed E-state index contributed by atoms with van der Waals surface area (Å²) in [6.07, 6.45) is 1.44. The Morgan fingerprint density at radius 1 is 1.36 bits per heavy atom. The first-order chi connectivity index (χ1) is 15.9. The van der Waals surface area contributed by atoms with Gasteiger partial charge in [0.25, 0.3) is 0 Å². The topological polar surface area (TPSA) is 166 Å². The summed E-state index contributed by atoms with van der Waals surface area (Å²) >= 11 is 0. The average Bonchev–Trinajstić information content (AvgIpc) is 3.45. The summed E-state index contributed by atoms with van der Waals surface area (Å²) in [5.41, 5.74) is 6.74. The fraction of sp³-hybridized carbons (Fsp3) is 0.421. The summed E-state index contributed by atoms with van der Waals surface area (Å²) in [4.78, 5) is 19.9. The lowest BCUT2D eigenvalue weighted by molar-refractivity contribution is -0.142. The number of para-hydroxylation sites is 1. The number of carbonyl (C=O) groups excluding carboxylic acids is 1. The van der Waals surface area contributed by atoms with Gasteiger partial charge in [0.05, 0.1) is 32.5 Å². The molecule has 0 radical (unpaired) electrons. The number of ether oxygens (including phenoxy) is 2. The second kappa shape index (κ2) is 9.79. The van der Waals surface area contributed by atoms with E-state index in [0.29, 0.717) is 29.9 Å². The zero-order valence-electron chi connectivity index (χ0n) is 18.0. The number of rotatable bonds is 9. The number of nitrogens with zero attached hydrogens (tertiary/aromatic N) is 5. The minimum atomic E-state index is -3.95. The Labute approximate surface area is 189 Å². The molecule has 0 spiro atoms. The summed E-state index contributed by atoms with van der Waals surface area (Å²) in [6.45, 7) is 1.78. The number of fused-ring (bicyclic) bond motifs is 1. The van der Waals surface area contributed by atoms with Crippen molar-refractivity contribution in [2.75, 3.05) is 26.1 Å². The van der Waals surface area contributed by atoms with Gasteiger partial charge in [-0.25, -0.2) is 19.2 Å². The molecule has 1 aliphatic rings. The molecule has 4 rings (SSSR count). The number of methoxy groups -OCH3 is 1. The van der Waals surface area contributed by atoms with Gasteiger partial charge >= 0.3 is 13.7 Å². The van der Waals surface area contributed by atoms with Gasteiger partial charge in [-0.05, 0) is 19.1 Å². The molecular formula is C19H24N7O6P. The largest absolute Gasteiger partial charge is 0.468 e. The Bertz CT molecular complexity index is 1160. The van der Waals surface area contributed by atoms with E-state index >= 15 is 0 Å². The van der Waals surface area contributed by atoms with Crippen LogP contribution in [0, 0.1) is 0 Å². The van der Waals surface area contributed by atoms with E-state index in [1.807, 2.05) is 0 Å². The standard InChI is InChI=1S/C19H24N7O6P/c1-12(19(27)29-2)24-33(28,32-14-6-4-3-5-7-14)31-10-15-8-13(9-30-15)26-18-16(23-25-26)17(20)21-11-22-18/h3-7,11-13,15H,8-10H2,1-2H3,(H,24,28)(H2,20,21,22)/t12?,13-,15-,33?/m1/s1. The van der Waals surface area contributed by atoms with E-state index in [0.717, 1.165) is 0 Å². The smallest absolute Gasteiger partial charge is 0.459 e. The molecule has 1 saturated heterocycles. The van der Waals surface area contributed by atoms with Crippen LogP contribution in [0.4, 0.5) is 5.82 Å². The van der Waals surface area contributed by atoms with Crippen LogP contribution in [0.25, 0.3) is 11.2 Å². The van der Waals surface area contributed by atoms with Crippen LogP contribution in [0.1, 0.15) is 19.4 Å². The Morgan fingerprint density at radius 2 is 2.15 bits per heavy atom. The lowest BCUT2D eigenvalue weighted by Gasteiger charge is -2.23. The van der Waals surface area contributed by atoms with Gasteiger partial charge < -0.3 is 19.7 Å². The molecular weight excluding hydrogens is 453 g/mol. The molecule has 1 aromatic carbocycles. The van der Waals surface area contributed by atoms with Crippen LogP contribution in [0.2, 0.25) is 0 Å². The van der Waals surface area contributed by atoms with Gasteiger partial charge in [0, 0.05) is 6.42 Å². The molecule has 0 amide bonds. The van der Waals surface area contributed by atoms with Crippen LogP contribution in [-0.2, 0) is 23.4 Å². The van der Waals surface area contributed by atoms with E-state index in [9.17, 15) is 9.36 Å². The molecule has 14 heteroatoms. The second-order valence-corrected chi connectivity index (χ2v) is 9.08. The Morgan fingerprint density at radius 3 is 2.91 bits per heavy atom. The minimum Gasteiger partial charge on any atom is -0.468 e. The average molecular weight is 477 g/mol. The van der Waals surface area contributed by atoms with E-state index < -0.39 is 25.9 Å². The molecule has 3 N–H and O–H groups in total. The van der Waals surface area contributed by atoms with E-state index in [4.69, 9.17) is 24.3 Å². The number of carbonyl (C=O) groups is 1. The molecule has 0 saturated carbocycles. The van der Waals surface area contributed by atoms with E-state index in [2.05, 4.69) is 25.4 Å². The number of esters is 1. The molecule has 4 atom stereocenters. The van der Waals surface area contributed by atoms with Gasteiger partial charge in [0.1, 0.15) is 18.1 Å². The first-order valence-corrected chi connectivity index (χ1v) is 11.7. The molecule has 2 aromatic heterocycles. The number of benzene rings is 1. The fourth-order valence-electron chi connectivity index (χ4n) is 3.36. The van der Waals surface area contributed by atoms with E-state index in [-0.39, 0.29) is 18.5 Å². The normalized spacial score (nSPS) is 20.9. The Kier molecular flexibility index (Phi) is 6.84. The quantitative estimate of drug-likeness (QED) is 0.337. The van der Waals surface area contributed by atoms with Crippen molar-refractivity contribution in [3.8, 4) is 5.75 Å². The van der Waals surface area contributed by atoms with Gasteiger partial charge in [-0.15, -0.1) is 5.10 Å². The van der Waals surface area contributed by atoms with Crippen LogP contribution in [0.3, 0.4) is 0 Å². The number of aromatic nitrogens is 5. The van der Waals surface area contributed by atoms with Gasteiger partial charge in [-0.2, -0.15) is 5.09 Å². The zero-order chi connectivity index (χ0) is 23.4. The summed E-state index contributed by atoms with van der Waals surface area (Å²) < 4.78 is 36.8. The molecule has 13 nitrogen and oxygen atoms in total. The van der Waals surface area contributed by atoms with Crippen LogP contribution in [-0.4, -0.2) is 63.4 Å². The molecule has 176 valence electrons. The Balaban J connectivity index is 1.43. The molecule has 2 unspecified atom stereocenters. The molecule has 1 aliphatic heterocycles. The van der Waals surface area contributed by atoms with Crippen molar-refractivity contribution in [3.63, 3.8) is 0 Å². The third-order valence-corrected chi connectivity index (χ3v) is 6.64. The van der Waals surface area contributed by atoms with Crippen molar-refractivity contribution in [3.05, 3.63) is 36.7 Å². The summed E-state index contributed by atoms with van der Waals surface area (Å²) in [6, 6.07) is 7.42. The minimum absolute atomic E-state index is 0.0503. The molecule has 0 bridgehead atoms. The summed E-state index contributed by atoms with van der Waals surface area (Å²) in [5, 5.41) is 10.8. The van der Waals surface area contributed by atoms with Crippen LogP contribution >= 0.6 is 7.75 Å². The predicted octanol–water partition coefficient (Wildman–Crippen LogP) is 1.49. The van der Waals surface area contributed by atoms with Crippen molar-refractivity contribution >= 4 is 30.7 Å². The van der Waals surface area contributed by atoms with Gasteiger partial charge in [0.15, 0.2) is 17.0 Å². The molecule has 33 heavy (non-hydrogen) atoms. The maximum Gasteiger partial charge on any atom is 0.459 e. The van der Waals surface area contributed by atoms with E-state index in [1.165, 1.54) is 20.4 Å². The van der Waals surface area contributed by atoms with Crippen molar-refractivity contribution in [1.82, 2.24) is 30.0 Å². The second-order valence-electron chi connectivity index (χ2n) is 7.38. The van der Waals surface area contributed by atoms with Crippen LogP contribution < -0.4 is 15.3 Å². The number of nitrogens with two attached hydrogens (primary N) is 1. The monoisotopic (exact) mass is 477 g/mol. The maximum atomic E-state index is 13.4. The number of nitrogens with one attached hydrogen (secondary N) is 1. The van der Waals surface area contributed by atoms with Gasteiger partial charge in [-0.1, -0.05) is 23.4 Å². The number of hydrogen-bond acceptors (Lipinski definition) is 11. The third kappa shape index (κ3) is 5.28. The number of nitrogen functional groups attached to an aromatic ring is 1. The lowest BCUT2D eigenvalue weighted by Crippen LogP contribution is -2.35. The van der Waals surface area contributed by atoms with Crippen molar-refractivity contribution < 1.29 is 27.9 Å². The number of anilines is 1. The SMILES string of the molecule is COC(=O)C(C)NP(=O)(OC[C@H]1C[C@@H](n2nnc3c(N)ncnc32)CO1)Oc1ccccc1. The summed E-state index contributed by atoms with van der Waals surface area (Å²) in [7, 11) is -2.71. The number of hydrogen-bond donors (Lipinski definition) is 2. The first kappa shape index (κ1) is 23.1. The van der Waals surface area contributed by atoms with Crippen molar-refractivity contribution in [2.45, 2.75) is 31.5 Å². The van der Waals surface area contributed by atoms with Crippen LogP contribution in [0.5, 0.6) is 5.75 Å². The molecule has 1 fully saturated rings. The molecule has 3 aromatic rings. The lowest BCUT2D eigenvalue weighted by atomic mass is 10.2. The predicted molar refractivity (Wildman–Crippen MR) is 116 cm³/mol. The van der Waals surface area contributed by atoms with Gasteiger partial charge in [0.2, 0.25) is 0 Å². The highest BCUT2D eigenvalue weighted by atomic mass is 31.2. The molecule has 3 heterocycles. The summed E-state index contributed by atoms with van der Waals surface area (Å²) in [5.74, 6) is -0.0381. The van der Waals surface area contributed by atoms with Crippen molar-refractivity contribution in [1.29, 1.82) is 0 Å². The van der Waals surface area contributed by atoms with Gasteiger partial charge in [-0.3, -0.25) is 9.32 Å². The van der Waals surface area contributed by atoms with E-state index in [1.54, 1.807) is 35.0 Å². The highest BCUT2D eigenvalue weighted by Gasteiger charge is 2.36. The fourth-order valence-corrected chi connectivity index (χ4v) is 4.88. The highest BCUT2D eigenvalue weighted by molar-refractivity contribution is 7.52. The highest BCUT2D eigenvalue weighted by Crippen LogP contribution is 2.45. The maximum absolute atomic E-state index is 13.4. The Hall–Kier alpha value is -3.12. The zero-order valence-corrected chi connectivity index (χ0v) is 18.9.